The molecule has 0 aromatic heterocycles. The van der Waals surface area contributed by atoms with Crippen LogP contribution in [0.25, 0.3) is 0 Å². The monoisotopic (exact) mass is 162 g/mol. The van der Waals surface area contributed by atoms with Crippen LogP contribution in [0.15, 0.2) is 24.3 Å². The molecule has 0 heterocycles. The molecule has 0 spiro atoms. The van der Waals surface area contributed by atoms with Crippen molar-refractivity contribution in [2.24, 2.45) is 0 Å². The fraction of sp³-hybridized carbons (Fsp3) is 0.500. The van der Waals surface area contributed by atoms with Crippen molar-refractivity contribution in [3.8, 4) is 0 Å². The van der Waals surface area contributed by atoms with Crippen LogP contribution in [0.3, 0.4) is 0 Å². The number of benzene rings is 1. The smallest absolute Gasteiger partial charge is 0.0279 e. The van der Waals surface area contributed by atoms with E-state index in [1.165, 1.54) is 30.4 Å². The van der Waals surface area contributed by atoms with Crippen LogP contribution < -0.4 is 0 Å². The molecule has 0 fully saturated rings. The predicted octanol–water partition coefficient (Wildman–Crippen LogP) is 3.59. The third-order valence-corrected chi connectivity index (χ3v) is 2.25. The molecular weight excluding hydrogens is 144 g/mol. The standard InChI is InChI=1S/C12H18/c1-3-5-6-12-9-7-11(4-2)8-10-12/h7-10H,3-6H2,1-2H3. The summed E-state index contributed by atoms with van der Waals surface area (Å²) in [5.74, 6) is 0. The van der Waals surface area contributed by atoms with Gasteiger partial charge in [-0.05, 0) is 30.4 Å². The first-order chi connectivity index (χ1) is 5.86. The van der Waals surface area contributed by atoms with Gasteiger partial charge in [0.1, 0.15) is 0 Å². The molecule has 66 valence electrons. The summed E-state index contributed by atoms with van der Waals surface area (Å²) in [5.41, 5.74) is 2.92. The molecule has 12 heavy (non-hydrogen) atoms. The first kappa shape index (κ1) is 9.31. The molecule has 0 bridgehead atoms. The summed E-state index contributed by atoms with van der Waals surface area (Å²) in [7, 11) is 0. The van der Waals surface area contributed by atoms with Gasteiger partial charge in [0.15, 0.2) is 0 Å². The zero-order chi connectivity index (χ0) is 8.81. The highest BCUT2D eigenvalue weighted by molar-refractivity contribution is 5.22. The Bertz CT molecular complexity index is 208. The summed E-state index contributed by atoms with van der Waals surface area (Å²) in [6.07, 6.45) is 4.98. The molecule has 0 saturated carbocycles. The van der Waals surface area contributed by atoms with E-state index in [1.807, 2.05) is 0 Å². The number of hydrogen-bond acceptors (Lipinski definition) is 0. The lowest BCUT2D eigenvalue weighted by Gasteiger charge is -2.00. The van der Waals surface area contributed by atoms with Crippen molar-refractivity contribution in [3.63, 3.8) is 0 Å². The van der Waals surface area contributed by atoms with Gasteiger partial charge in [0.05, 0.1) is 0 Å². The Morgan fingerprint density at radius 3 is 2.00 bits per heavy atom. The Morgan fingerprint density at radius 2 is 1.50 bits per heavy atom. The molecule has 0 aliphatic carbocycles. The van der Waals surface area contributed by atoms with E-state index < -0.39 is 0 Å². The van der Waals surface area contributed by atoms with Gasteiger partial charge in [-0.25, -0.2) is 0 Å². The lowest BCUT2D eigenvalue weighted by atomic mass is 10.1. The lowest BCUT2D eigenvalue weighted by molar-refractivity contribution is 0.794. The zero-order valence-electron chi connectivity index (χ0n) is 8.14. The molecule has 0 atom stereocenters. The van der Waals surface area contributed by atoms with Gasteiger partial charge in [-0.1, -0.05) is 44.5 Å². The maximum absolute atomic E-state index is 2.26. The second-order valence-corrected chi connectivity index (χ2v) is 3.27. The molecule has 0 saturated heterocycles. The maximum atomic E-state index is 2.26. The third kappa shape index (κ3) is 2.69. The van der Waals surface area contributed by atoms with Gasteiger partial charge in [0, 0.05) is 0 Å². The largest absolute Gasteiger partial charge is 0.0654 e. The highest BCUT2D eigenvalue weighted by atomic mass is 14.0. The Balaban J connectivity index is 2.53. The number of rotatable bonds is 4. The molecule has 0 aliphatic rings. The van der Waals surface area contributed by atoms with Gasteiger partial charge in [0.25, 0.3) is 0 Å². The molecule has 0 nitrogen and oxygen atoms in total. The molecule has 0 N–H and O–H groups in total. The minimum Gasteiger partial charge on any atom is -0.0654 e. The van der Waals surface area contributed by atoms with Gasteiger partial charge >= 0.3 is 0 Å². The minimum absolute atomic E-state index is 1.15. The fourth-order valence-corrected chi connectivity index (χ4v) is 1.32. The van der Waals surface area contributed by atoms with E-state index in [4.69, 9.17) is 0 Å². The molecule has 0 aliphatic heterocycles. The molecule has 0 heteroatoms. The minimum atomic E-state index is 1.15. The van der Waals surface area contributed by atoms with Crippen LogP contribution in [0.5, 0.6) is 0 Å². The number of unbranched alkanes of at least 4 members (excludes halogenated alkanes) is 1. The number of aryl methyl sites for hydroxylation is 2. The van der Waals surface area contributed by atoms with Crippen molar-refractivity contribution in [2.45, 2.75) is 39.5 Å². The van der Waals surface area contributed by atoms with Crippen LogP contribution in [0, 0.1) is 0 Å². The number of hydrogen-bond donors (Lipinski definition) is 0. The van der Waals surface area contributed by atoms with Crippen molar-refractivity contribution >= 4 is 0 Å². The summed E-state index contributed by atoms with van der Waals surface area (Å²) in [6.45, 7) is 4.43. The zero-order valence-corrected chi connectivity index (χ0v) is 8.14. The van der Waals surface area contributed by atoms with E-state index >= 15 is 0 Å². The summed E-state index contributed by atoms with van der Waals surface area (Å²) in [4.78, 5) is 0. The highest BCUT2D eigenvalue weighted by Crippen LogP contribution is 2.07. The Morgan fingerprint density at radius 1 is 0.917 bits per heavy atom. The van der Waals surface area contributed by atoms with Crippen LogP contribution in [-0.4, -0.2) is 0 Å². The Hall–Kier alpha value is -0.780. The van der Waals surface area contributed by atoms with E-state index in [0.29, 0.717) is 0 Å². The molecular formula is C12H18. The van der Waals surface area contributed by atoms with Crippen LogP contribution in [0.2, 0.25) is 0 Å². The summed E-state index contributed by atoms with van der Waals surface area (Å²) in [6, 6.07) is 9.00. The summed E-state index contributed by atoms with van der Waals surface area (Å²) >= 11 is 0. The van der Waals surface area contributed by atoms with Crippen LogP contribution in [-0.2, 0) is 12.8 Å². The molecule has 1 aromatic carbocycles. The first-order valence-electron chi connectivity index (χ1n) is 4.94. The first-order valence-corrected chi connectivity index (χ1v) is 4.94. The maximum Gasteiger partial charge on any atom is -0.0279 e. The van der Waals surface area contributed by atoms with E-state index in [1.54, 1.807) is 0 Å². The molecule has 1 aromatic rings. The van der Waals surface area contributed by atoms with Gasteiger partial charge < -0.3 is 0 Å². The Labute approximate surface area is 75.6 Å². The average molecular weight is 162 g/mol. The summed E-state index contributed by atoms with van der Waals surface area (Å²) < 4.78 is 0. The highest BCUT2D eigenvalue weighted by Gasteiger charge is 1.91. The van der Waals surface area contributed by atoms with Gasteiger partial charge in [0.2, 0.25) is 0 Å². The average Bonchev–Trinajstić information content (AvgIpc) is 2.15. The third-order valence-electron chi connectivity index (χ3n) is 2.25. The lowest BCUT2D eigenvalue weighted by Crippen LogP contribution is -1.85. The van der Waals surface area contributed by atoms with Crippen molar-refractivity contribution in [2.75, 3.05) is 0 Å². The van der Waals surface area contributed by atoms with E-state index in [0.717, 1.165) is 6.42 Å². The topological polar surface area (TPSA) is 0 Å². The van der Waals surface area contributed by atoms with Crippen molar-refractivity contribution in [1.29, 1.82) is 0 Å². The van der Waals surface area contributed by atoms with Gasteiger partial charge in [-0.3, -0.25) is 0 Å². The molecule has 0 unspecified atom stereocenters. The van der Waals surface area contributed by atoms with Gasteiger partial charge in [-0.2, -0.15) is 0 Å². The fourth-order valence-electron chi connectivity index (χ4n) is 1.32. The van der Waals surface area contributed by atoms with Crippen LogP contribution in [0.1, 0.15) is 37.8 Å². The molecule has 0 radical (unpaired) electrons. The van der Waals surface area contributed by atoms with Crippen LogP contribution in [0.4, 0.5) is 0 Å². The van der Waals surface area contributed by atoms with E-state index in [-0.39, 0.29) is 0 Å². The summed E-state index contributed by atoms with van der Waals surface area (Å²) in [5, 5.41) is 0. The SMILES string of the molecule is CCCCc1ccc(CC)cc1. The van der Waals surface area contributed by atoms with Crippen molar-refractivity contribution < 1.29 is 0 Å². The van der Waals surface area contributed by atoms with Crippen molar-refractivity contribution in [3.05, 3.63) is 35.4 Å². The van der Waals surface area contributed by atoms with Crippen molar-refractivity contribution in [1.82, 2.24) is 0 Å². The predicted molar refractivity (Wildman–Crippen MR) is 54.4 cm³/mol. The normalized spacial score (nSPS) is 10.2. The molecule has 1 rings (SSSR count). The van der Waals surface area contributed by atoms with E-state index in [2.05, 4.69) is 38.1 Å². The van der Waals surface area contributed by atoms with Crippen LogP contribution >= 0.6 is 0 Å². The second kappa shape index (κ2) is 4.97. The quantitative estimate of drug-likeness (QED) is 0.634. The van der Waals surface area contributed by atoms with Gasteiger partial charge in [-0.15, -0.1) is 0 Å². The Kier molecular flexibility index (Phi) is 3.86. The second-order valence-electron chi connectivity index (χ2n) is 3.27. The molecule has 0 amide bonds. The van der Waals surface area contributed by atoms with E-state index in [9.17, 15) is 0 Å².